The number of carbonyl (C=O) groups is 2. The summed E-state index contributed by atoms with van der Waals surface area (Å²) in [4.78, 5) is 27.5. The summed E-state index contributed by atoms with van der Waals surface area (Å²) >= 11 is 0. The molecule has 3 rings (SSSR count). The lowest BCUT2D eigenvalue weighted by Gasteiger charge is -2.20. The van der Waals surface area contributed by atoms with Crippen molar-refractivity contribution in [2.45, 2.75) is 25.7 Å². The van der Waals surface area contributed by atoms with E-state index in [2.05, 4.69) is 10.0 Å². The predicted octanol–water partition coefficient (Wildman–Crippen LogP) is 4.53. The van der Waals surface area contributed by atoms with Gasteiger partial charge in [-0.05, 0) is 68.8 Å². The molecule has 3 aromatic rings. The molecule has 0 aromatic heterocycles. The number of sulfonamides is 1. The number of para-hydroxylation sites is 1. The lowest BCUT2D eigenvalue weighted by Crippen LogP contribution is -2.31. The topological polar surface area (TPSA) is 95.6 Å². The Hall–Kier alpha value is -3.65. The molecule has 0 bridgehead atoms. The maximum Gasteiger partial charge on any atom is 0.261 e. The molecule has 3 aromatic carbocycles. The summed E-state index contributed by atoms with van der Waals surface area (Å²) in [5.74, 6) is -0.548. The van der Waals surface area contributed by atoms with Crippen molar-refractivity contribution in [2.24, 2.45) is 0 Å². The van der Waals surface area contributed by atoms with Gasteiger partial charge in [0.1, 0.15) is 0 Å². The highest BCUT2D eigenvalue weighted by Crippen LogP contribution is 2.23. The van der Waals surface area contributed by atoms with Gasteiger partial charge in [-0.1, -0.05) is 30.3 Å². The van der Waals surface area contributed by atoms with Gasteiger partial charge in [-0.25, -0.2) is 8.42 Å². The zero-order valence-electron chi connectivity index (χ0n) is 18.8. The van der Waals surface area contributed by atoms with Crippen molar-refractivity contribution in [1.29, 1.82) is 0 Å². The van der Waals surface area contributed by atoms with Gasteiger partial charge in [0.15, 0.2) is 0 Å². The summed E-state index contributed by atoms with van der Waals surface area (Å²) in [6, 6.07) is 19.6. The standard InChI is InChI=1S/C25H27N3O4S/c1-4-28(5-2)25(30)21-13-9-10-14-23(21)26-24(29)19-15-16-22(18(3)17-19)27-33(31,32)20-11-7-6-8-12-20/h6-17,27H,4-5H2,1-3H3,(H,26,29). The summed E-state index contributed by atoms with van der Waals surface area (Å²) in [6.07, 6.45) is 0. The van der Waals surface area contributed by atoms with Crippen LogP contribution in [-0.4, -0.2) is 38.2 Å². The average Bonchev–Trinajstić information content (AvgIpc) is 2.82. The molecule has 0 spiro atoms. The Bertz CT molecular complexity index is 1250. The fourth-order valence-electron chi connectivity index (χ4n) is 3.38. The minimum atomic E-state index is -3.74. The molecule has 0 aliphatic rings. The molecule has 172 valence electrons. The molecular formula is C25H27N3O4S. The van der Waals surface area contributed by atoms with Gasteiger partial charge in [0.05, 0.1) is 21.8 Å². The first kappa shape index (κ1) is 24.0. The normalized spacial score (nSPS) is 11.0. The van der Waals surface area contributed by atoms with Crippen LogP contribution in [-0.2, 0) is 10.0 Å². The van der Waals surface area contributed by atoms with Gasteiger partial charge in [-0.15, -0.1) is 0 Å². The molecule has 0 aliphatic carbocycles. The molecule has 0 radical (unpaired) electrons. The molecule has 33 heavy (non-hydrogen) atoms. The van der Waals surface area contributed by atoms with E-state index in [1.54, 1.807) is 72.5 Å². The number of anilines is 2. The van der Waals surface area contributed by atoms with Crippen LogP contribution in [0.2, 0.25) is 0 Å². The first-order valence-corrected chi connectivity index (χ1v) is 12.1. The number of hydrogen-bond acceptors (Lipinski definition) is 4. The van der Waals surface area contributed by atoms with E-state index >= 15 is 0 Å². The van der Waals surface area contributed by atoms with Gasteiger partial charge in [-0.2, -0.15) is 0 Å². The number of nitrogens with zero attached hydrogens (tertiary/aromatic N) is 1. The van der Waals surface area contributed by atoms with E-state index in [1.165, 1.54) is 12.1 Å². The molecule has 0 saturated heterocycles. The predicted molar refractivity (Wildman–Crippen MR) is 130 cm³/mol. The molecule has 8 heteroatoms. The second kappa shape index (κ2) is 10.3. The molecule has 2 N–H and O–H groups in total. The van der Waals surface area contributed by atoms with Crippen molar-refractivity contribution in [3.05, 3.63) is 89.5 Å². The first-order chi connectivity index (χ1) is 15.8. The number of benzene rings is 3. The third-order valence-corrected chi connectivity index (χ3v) is 6.62. The second-order valence-electron chi connectivity index (χ2n) is 7.43. The fourth-order valence-corrected chi connectivity index (χ4v) is 4.53. The van der Waals surface area contributed by atoms with Crippen molar-refractivity contribution in [2.75, 3.05) is 23.1 Å². The number of rotatable bonds is 8. The smallest absolute Gasteiger partial charge is 0.261 e. The molecule has 0 fully saturated rings. The van der Waals surface area contributed by atoms with E-state index in [4.69, 9.17) is 0 Å². The van der Waals surface area contributed by atoms with Crippen molar-refractivity contribution in [3.63, 3.8) is 0 Å². The van der Waals surface area contributed by atoms with Crippen LogP contribution in [0.4, 0.5) is 11.4 Å². The van der Waals surface area contributed by atoms with Crippen LogP contribution >= 0.6 is 0 Å². The summed E-state index contributed by atoms with van der Waals surface area (Å²) in [5.41, 5.74) is 2.16. The molecule has 0 unspecified atom stereocenters. The second-order valence-corrected chi connectivity index (χ2v) is 9.11. The zero-order valence-corrected chi connectivity index (χ0v) is 19.6. The van der Waals surface area contributed by atoms with Gasteiger partial charge in [0.2, 0.25) is 0 Å². The number of amides is 2. The van der Waals surface area contributed by atoms with Crippen LogP contribution in [0.5, 0.6) is 0 Å². The van der Waals surface area contributed by atoms with Gasteiger partial charge < -0.3 is 10.2 Å². The lowest BCUT2D eigenvalue weighted by atomic mass is 10.1. The van der Waals surface area contributed by atoms with Gasteiger partial charge in [-0.3, -0.25) is 14.3 Å². The van der Waals surface area contributed by atoms with Crippen LogP contribution in [0.3, 0.4) is 0 Å². The third-order valence-electron chi connectivity index (χ3n) is 5.24. The minimum absolute atomic E-state index is 0.153. The monoisotopic (exact) mass is 465 g/mol. The van der Waals surface area contributed by atoms with E-state index < -0.39 is 15.9 Å². The number of hydrogen-bond donors (Lipinski definition) is 2. The van der Waals surface area contributed by atoms with Crippen molar-refractivity contribution in [3.8, 4) is 0 Å². The zero-order chi connectivity index (χ0) is 24.0. The van der Waals surface area contributed by atoms with Gasteiger partial charge in [0, 0.05) is 18.7 Å². The van der Waals surface area contributed by atoms with E-state index in [1.807, 2.05) is 13.8 Å². The summed E-state index contributed by atoms with van der Waals surface area (Å²) in [7, 11) is -3.74. The van der Waals surface area contributed by atoms with Gasteiger partial charge >= 0.3 is 0 Å². The largest absolute Gasteiger partial charge is 0.339 e. The maximum atomic E-state index is 12.9. The average molecular weight is 466 g/mol. The maximum absolute atomic E-state index is 12.9. The van der Waals surface area contributed by atoms with Crippen LogP contribution in [0.1, 0.15) is 40.1 Å². The number of carbonyl (C=O) groups excluding carboxylic acids is 2. The third kappa shape index (κ3) is 5.59. The molecule has 0 atom stereocenters. The molecule has 0 heterocycles. The van der Waals surface area contributed by atoms with Crippen LogP contribution < -0.4 is 10.0 Å². The van der Waals surface area contributed by atoms with Crippen molar-refractivity contribution in [1.82, 2.24) is 4.90 Å². The fraction of sp³-hybridized carbons (Fsp3) is 0.200. The molecule has 2 amide bonds. The van der Waals surface area contributed by atoms with Crippen LogP contribution in [0.15, 0.2) is 77.7 Å². The highest BCUT2D eigenvalue weighted by molar-refractivity contribution is 7.92. The van der Waals surface area contributed by atoms with E-state index in [0.717, 1.165) is 0 Å². The summed E-state index contributed by atoms with van der Waals surface area (Å²) in [6.45, 7) is 6.66. The molecule has 0 aliphatic heterocycles. The van der Waals surface area contributed by atoms with Crippen LogP contribution in [0, 0.1) is 6.92 Å². The summed E-state index contributed by atoms with van der Waals surface area (Å²) < 4.78 is 27.7. The SMILES string of the molecule is CCN(CC)C(=O)c1ccccc1NC(=O)c1ccc(NS(=O)(=O)c2ccccc2)c(C)c1. The van der Waals surface area contributed by atoms with E-state index in [0.29, 0.717) is 41.2 Å². The Kier molecular flexibility index (Phi) is 7.50. The van der Waals surface area contributed by atoms with Crippen LogP contribution in [0.25, 0.3) is 0 Å². The first-order valence-electron chi connectivity index (χ1n) is 10.6. The molecule has 0 saturated carbocycles. The lowest BCUT2D eigenvalue weighted by molar-refractivity contribution is 0.0774. The molecular weight excluding hydrogens is 438 g/mol. The Morgan fingerprint density at radius 3 is 2.12 bits per heavy atom. The molecule has 7 nitrogen and oxygen atoms in total. The van der Waals surface area contributed by atoms with E-state index in [9.17, 15) is 18.0 Å². The Morgan fingerprint density at radius 1 is 0.848 bits per heavy atom. The Balaban J connectivity index is 1.80. The highest BCUT2D eigenvalue weighted by Gasteiger charge is 2.19. The quantitative estimate of drug-likeness (QED) is 0.511. The minimum Gasteiger partial charge on any atom is -0.339 e. The van der Waals surface area contributed by atoms with Crippen molar-refractivity contribution < 1.29 is 18.0 Å². The van der Waals surface area contributed by atoms with Crippen molar-refractivity contribution >= 4 is 33.2 Å². The highest BCUT2D eigenvalue weighted by atomic mass is 32.2. The van der Waals surface area contributed by atoms with E-state index in [-0.39, 0.29) is 10.8 Å². The number of aryl methyl sites for hydroxylation is 1. The summed E-state index contributed by atoms with van der Waals surface area (Å²) in [5, 5.41) is 2.81. The Labute approximate surface area is 194 Å². The number of nitrogens with one attached hydrogen (secondary N) is 2. The Morgan fingerprint density at radius 2 is 1.48 bits per heavy atom. The van der Waals surface area contributed by atoms with Gasteiger partial charge in [0.25, 0.3) is 21.8 Å².